The summed E-state index contributed by atoms with van der Waals surface area (Å²) < 4.78 is 0. The van der Waals surface area contributed by atoms with E-state index in [1.807, 2.05) is 24.5 Å². The number of piperidine rings is 1. The smallest absolute Gasteiger partial charge is 0.115 e. The van der Waals surface area contributed by atoms with Crippen LogP contribution in [0.2, 0.25) is 0 Å². The van der Waals surface area contributed by atoms with E-state index in [-0.39, 0.29) is 5.41 Å². The molecule has 0 radical (unpaired) electrons. The number of rotatable bonds is 4. The highest BCUT2D eigenvalue weighted by atomic mass is 16.3. The summed E-state index contributed by atoms with van der Waals surface area (Å²) in [7, 11) is 0. The Kier molecular flexibility index (Phi) is 4.28. The number of phenolic OH excluding ortho intramolecular Hbond substituents is 1. The molecule has 3 heteroatoms. The minimum Gasteiger partial charge on any atom is -0.508 e. The summed E-state index contributed by atoms with van der Waals surface area (Å²) in [5.41, 5.74) is 3.01. The lowest BCUT2D eigenvalue weighted by Crippen LogP contribution is -2.52. The van der Waals surface area contributed by atoms with Gasteiger partial charge in [0.25, 0.3) is 0 Å². The maximum absolute atomic E-state index is 9.88. The molecule has 3 nitrogen and oxygen atoms in total. The molecule has 2 fully saturated rings. The highest BCUT2D eigenvalue weighted by Gasteiger charge is 2.43. The average molecular weight is 322 g/mol. The molecule has 2 aliphatic rings. The molecule has 4 rings (SSSR count). The van der Waals surface area contributed by atoms with E-state index in [4.69, 9.17) is 0 Å². The van der Waals surface area contributed by atoms with Crippen molar-refractivity contribution in [2.24, 2.45) is 0 Å². The fraction of sp³-hybridized carbons (Fsp3) is 0.476. The van der Waals surface area contributed by atoms with Gasteiger partial charge in [0, 0.05) is 25.0 Å². The zero-order valence-electron chi connectivity index (χ0n) is 14.2. The normalized spacial score (nSPS) is 27.1. The second kappa shape index (κ2) is 6.56. The first-order valence-corrected chi connectivity index (χ1v) is 9.18. The van der Waals surface area contributed by atoms with Crippen molar-refractivity contribution in [3.8, 4) is 5.75 Å². The van der Waals surface area contributed by atoms with Crippen molar-refractivity contribution in [1.82, 2.24) is 9.88 Å². The zero-order chi connectivity index (χ0) is 16.4. The van der Waals surface area contributed by atoms with Crippen LogP contribution in [0, 0.1) is 0 Å². The van der Waals surface area contributed by atoms with Crippen LogP contribution in [0.1, 0.15) is 43.2 Å². The highest BCUT2D eigenvalue weighted by molar-refractivity contribution is 5.34. The number of fused-ring (bicyclic) bond motifs is 2. The van der Waals surface area contributed by atoms with Crippen LogP contribution in [0.3, 0.4) is 0 Å². The summed E-state index contributed by atoms with van der Waals surface area (Å²) in [6.45, 7) is 2.32. The Hall–Kier alpha value is -1.87. The molecule has 1 aromatic heterocycles. The van der Waals surface area contributed by atoms with Crippen LogP contribution in [0.15, 0.2) is 48.8 Å². The van der Waals surface area contributed by atoms with Crippen LogP contribution in [-0.4, -0.2) is 34.1 Å². The highest BCUT2D eigenvalue weighted by Crippen LogP contribution is 2.47. The number of aromatic nitrogens is 1. The van der Waals surface area contributed by atoms with Crippen molar-refractivity contribution in [3.63, 3.8) is 0 Å². The number of hydrogen-bond donors (Lipinski definition) is 1. The first-order valence-electron chi connectivity index (χ1n) is 9.18. The maximum atomic E-state index is 9.88. The number of likely N-dealkylation sites (tertiary alicyclic amines) is 1. The molecule has 0 amide bonds. The van der Waals surface area contributed by atoms with E-state index in [1.165, 1.54) is 49.8 Å². The van der Waals surface area contributed by atoms with Gasteiger partial charge in [-0.05, 0) is 79.5 Å². The third-order valence-corrected chi connectivity index (χ3v) is 6.11. The van der Waals surface area contributed by atoms with E-state index in [0.29, 0.717) is 11.8 Å². The molecule has 2 atom stereocenters. The van der Waals surface area contributed by atoms with Crippen LogP contribution < -0.4 is 0 Å². The Bertz CT molecular complexity index is 687. The SMILES string of the molecule is Oc1cccc([C@]23CCC[C@H](C2)N(CCc2ccncc2)CC3)c1. The summed E-state index contributed by atoms with van der Waals surface area (Å²) in [5, 5.41) is 9.88. The van der Waals surface area contributed by atoms with E-state index in [2.05, 4.69) is 28.1 Å². The number of benzene rings is 1. The van der Waals surface area contributed by atoms with Gasteiger partial charge in [0.1, 0.15) is 5.75 Å². The first-order chi connectivity index (χ1) is 11.8. The number of pyridine rings is 1. The summed E-state index contributed by atoms with van der Waals surface area (Å²) in [6.07, 6.45) is 11.2. The second-order valence-corrected chi connectivity index (χ2v) is 7.47. The zero-order valence-corrected chi connectivity index (χ0v) is 14.2. The Balaban J connectivity index is 1.46. The van der Waals surface area contributed by atoms with Gasteiger partial charge in [-0.2, -0.15) is 0 Å². The monoisotopic (exact) mass is 322 g/mol. The Morgan fingerprint density at radius 1 is 1.17 bits per heavy atom. The number of phenols is 1. The van der Waals surface area contributed by atoms with Crippen molar-refractivity contribution < 1.29 is 5.11 Å². The van der Waals surface area contributed by atoms with Crippen LogP contribution in [-0.2, 0) is 11.8 Å². The topological polar surface area (TPSA) is 36.4 Å². The number of hydrogen-bond acceptors (Lipinski definition) is 3. The van der Waals surface area contributed by atoms with Crippen molar-refractivity contribution in [3.05, 3.63) is 59.9 Å². The van der Waals surface area contributed by atoms with Gasteiger partial charge >= 0.3 is 0 Å². The van der Waals surface area contributed by atoms with Gasteiger partial charge in [0.2, 0.25) is 0 Å². The van der Waals surface area contributed by atoms with E-state index >= 15 is 0 Å². The molecule has 1 aliphatic heterocycles. The summed E-state index contributed by atoms with van der Waals surface area (Å²) >= 11 is 0. The fourth-order valence-electron chi connectivity index (χ4n) is 4.77. The molecule has 1 saturated carbocycles. The standard InChI is InChI=1S/C21H26N2O/c24-20-5-1-3-18(15-20)21-9-2-4-19(16-21)23(14-10-21)13-8-17-6-11-22-12-7-17/h1,3,5-7,11-12,15,19,24H,2,4,8-10,13-14,16H2/t19-,21+/m1/s1. The van der Waals surface area contributed by atoms with Crippen LogP contribution in [0.4, 0.5) is 0 Å². The Labute approximate surface area is 144 Å². The summed E-state index contributed by atoms with van der Waals surface area (Å²) in [5.74, 6) is 0.407. The maximum Gasteiger partial charge on any atom is 0.115 e. The molecule has 24 heavy (non-hydrogen) atoms. The van der Waals surface area contributed by atoms with Crippen molar-refractivity contribution >= 4 is 0 Å². The summed E-state index contributed by atoms with van der Waals surface area (Å²) in [6, 6.07) is 12.9. The van der Waals surface area contributed by atoms with Gasteiger partial charge in [-0.15, -0.1) is 0 Å². The lowest BCUT2D eigenvalue weighted by molar-refractivity contribution is 0.0524. The van der Waals surface area contributed by atoms with Gasteiger partial charge in [-0.3, -0.25) is 9.88 Å². The predicted molar refractivity (Wildman–Crippen MR) is 96.2 cm³/mol. The molecular weight excluding hydrogens is 296 g/mol. The molecule has 2 bridgehead atoms. The molecule has 1 saturated heterocycles. The largest absolute Gasteiger partial charge is 0.508 e. The van der Waals surface area contributed by atoms with Crippen LogP contribution >= 0.6 is 0 Å². The fourth-order valence-corrected chi connectivity index (χ4v) is 4.77. The molecular formula is C21H26N2O. The van der Waals surface area contributed by atoms with Gasteiger partial charge in [-0.1, -0.05) is 18.6 Å². The molecule has 126 valence electrons. The molecule has 1 aromatic carbocycles. The minimum absolute atomic E-state index is 0.287. The summed E-state index contributed by atoms with van der Waals surface area (Å²) in [4.78, 5) is 6.80. The van der Waals surface area contributed by atoms with E-state index < -0.39 is 0 Å². The molecule has 1 aliphatic carbocycles. The first kappa shape index (κ1) is 15.6. The van der Waals surface area contributed by atoms with Crippen molar-refractivity contribution in [1.29, 1.82) is 0 Å². The van der Waals surface area contributed by atoms with E-state index in [0.717, 1.165) is 13.0 Å². The number of nitrogens with zero attached hydrogens (tertiary/aromatic N) is 2. The van der Waals surface area contributed by atoms with Gasteiger partial charge < -0.3 is 5.11 Å². The third-order valence-electron chi connectivity index (χ3n) is 6.11. The molecule has 2 heterocycles. The Morgan fingerprint density at radius 3 is 2.88 bits per heavy atom. The lowest BCUT2D eigenvalue weighted by atomic mass is 9.63. The Morgan fingerprint density at radius 2 is 2.04 bits per heavy atom. The van der Waals surface area contributed by atoms with Gasteiger partial charge in [-0.25, -0.2) is 0 Å². The lowest BCUT2D eigenvalue weighted by Gasteiger charge is -2.51. The van der Waals surface area contributed by atoms with Crippen molar-refractivity contribution in [2.45, 2.75) is 50.0 Å². The van der Waals surface area contributed by atoms with Gasteiger partial charge in [0.05, 0.1) is 0 Å². The quantitative estimate of drug-likeness (QED) is 0.927. The van der Waals surface area contributed by atoms with Gasteiger partial charge in [0.15, 0.2) is 0 Å². The average Bonchev–Trinajstić information content (AvgIpc) is 2.62. The second-order valence-electron chi connectivity index (χ2n) is 7.47. The molecule has 0 spiro atoms. The van der Waals surface area contributed by atoms with Crippen LogP contribution in [0.5, 0.6) is 5.75 Å². The number of aromatic hydroxyl groups is 1. The minimum atomic E-state index is 0.287. The molecule has 1 N–H and O–H groups in total. The van der Waals surface area contributed by atoms with Crippen LogP contribution in [0.25, 0.3) is 0 Å². The molecule has 2 aromatic rings. The van der Waals surface area contributed by atoms with Crippen molar-refractivity contribution in [2.75, 3.05) is 13.1 Å². The molecule has 0 unspecified atom stereocenters. The predicted octanol–water partition coefficient (Wildman–Crippen LogP) is 3.92. The third kappa shape index (κ3) is 3.05. The van der Waals surface area contributed by atoms with E-state index in [9.17, 15) is 5.11 Å². The van der Waals surface area contributed by atoms with E-state index in [1.54, 1.807) is 6.07 Å².